The minimum absolute atomic E-state index is 0.399. The molecule has 0 saturated heterocycles. The van der Waals surface area contributed by atoms with Gasteiger partial charge in [0.1, 0.15) is 0 Å². The second kappa shape index (κ2) is 6.09. The predicted molar refractivity (Wildman–Crippen MR) is 79.1 cm³/mol. The summed E-state index contributed by atoms with van der Waals surface area (Å²) in [6.45, 7) is 4.94. The Balaban J connectivity index is 2.17. The molecule has 0 aliphatic rings. The van der Waals surface area contributed by atoms with Crippen LogP contribution in [0, 0.1) is 6.92 Å². The Kier molecular flexibility index (Phi) is 4.61. The summed E-state index contributed by atoms with van der Waals surface area (Å²) in [7, 11) is 0. The maximum Gasteiger partial charge on any atom is 0.416 e. The number of anilines is 1. The summed E-state index contributed by atoms with van der Waals surface area (Å²) in [5, 5.41) is 7.36. The highest BCUT2D eigenvalue weighted by atomic mass is 79.9. The van der Waals surface area contributed by atoms with Gasteiger partial charge in [-0.05, 0) is 48.0 Å². The van der Waals surface area contributed by atoms with Crippen molar-refractivity contribution in [3.63, 3.8) is 0 Å². The molecule has 1 aromatic heterocycles. The van der Waals surface area contributed by atoms with Gasteiger partial charge in [0.05, 0.1) is 28.0 Å². The molecule has 7 heteroatoms. The highest BCUT2D eigenvalue weighted by Crippen LogP contribution is 2.31. The number of rotatable bonds is 4. The fraction of sp³-hybridized carbons (Fsp3) is 0.357. The molecule has 2 rings (SSSR count). The number of halogens is 4. The van der Waals surface area contributed by atoms with E-state index in [9.17, 15) is 13.2 Å². The Morgan fingerprint density at radius 2 is 2.05 bits per heavy atom. The van der Waals surface area contributed by atoms with Gasteiger partial charge in [-0.3, -0.25) is 4.68 Å². The summed E-state index contributed by atoms with van der Waals surface area (Å²) in [6, 6.07) is 5.17. The predicted octanol–water partition coefficient (Wildman–Crippen LogP) is 4.60. The van der Waals surface area contributed by atoms with Crippen LogP contribution in [0.2, 0.25) is 0 Å². The molecule has 0 bridgehead atoms. The maximum atomic E-state index is 12.7. The van der Waals surface area contributed by atoms with Crippen LogP contribution in [0.3, 0.4) is 0 Å². The molecule has 1 heterocycles. The lowest BCUT2D eigenvalue weighted by Crippen LogP contribution is -2.09. The Hall–Kier alpha value is -1.50. The van der Waals surface area contributed by atoms with Crippen LogP contribution in [-0.4, -0.2) is 9.78 Å². The SMILES string of the molecule is CCn1nc(C)c(Br)c1CNc1cccc(C(F)(F)F)c1. The summed E-state index contributed by atoms with van der Waals surface area (Å²) in [6.07, 6.45) is -4.33. The third-order valence-electron chi connectivity index (χ3n) is 3.10. The first-order valence-corrected chi connectivity index (χ1v) is 7.25. The molecule has 1 aromatic carbocycles. The molecule has 0 amide bonds. The van der Waals surface area contributed by atoms with Gasteiger partial charge in [-0.25, -0.2) is 0 Å². The van der Waals surface area contributed by atoms with Gasteiger partial charge in [0.2, 0.25) is 0 Å². The van der Waals surface area contributed by atoms with E-state index in [1.165, 1.54) is 6.07 Å². The molecule has 0 saturated carbocycles. The third-order valence-corrected chi connectivity index (χ3v) is 4.13. The molecule has 1 N–H and O–H groups in total. The standard InChI is InChI=1S/C14H15BrF3N3/c1-3-21-12(13(15)9(2)20-21)8-19-11-6-4-5-10(7-11)14(16,17)18/h4-7,19H,3,8H2,1-2H3. The van der Waals surface area contributed by atoms with E-state index >= 15 is 0 Å². The largest absolute Gasteiger partial charge is 0.416 e. The Labute approximate surface area is 129 Å². The van der Waals surface area contributed by atoms with Crippen molar-refractivity contribution in [1.29, 1.82) is 0 Å². The zero-order valence-corrected chi connectivity index (χ0v) is 13.2. The first kappa shape index (κ1) is 15.9. The van der Waals surface area contributed by atoms with Crippen LogP contribution in [0.15, 0.2) is 28.7 Å². The first-order valence-electron chi connectivity index (χ1n) is 6.45. The molecule has 0 spiro atoms. The number of hydrogen-bond donors (Lipinski definition) is 1. The lowest BCUT2D eigenvalue weighted by Gasteiger charge is -2.11. The van der Waals surface area contributed by atoms with Gasteiger partial charge >= 0.3 is 6.18 Å². The van der Waals surface area contributed by atoms with Crippen LogP contribution in [0.5, 0.6) is 0 Å². The third kappa shape index (κ3) is 3.58. The maximum absolute atomic E-state index is 12.7. The molecular formula is C14H15BrF3N3. The van der Waals surface area contributed by atoms with Crippen molar-refractivity contribution < 1.29 is 13.2 Å². The van der Waals surface area contributed by atoms with Crippen LogP contribution >= 0.6 is 15.9 Å². The van der Waals surface area contributed by atoms with Gasteiger partial charge in [-0.15, -0.1) is 0 Å². The summed E-state index contributed by atoms with van der Waals surface area (Å²) in [5.41, 5.74) is 1.54. The molecule has 3 nitrogen and oxygen atoms in total. The average Bonchev–Trinajstić information content (AvgIpc) is 2.71. The van der Waals surface area contributed by atoms with Crippen LogP contribution in [0.4, 0.5) is 18.9 Å². The number of aromatic nitrogens is 2. The zero-order chi connectivity index (χ0) is 15.6. The molecule has 0 aliphatic heterocycles. The van der Waals surface area contributed by atoms with Crippen molar-refractivity contribution in [2.75, 3.05) is 5.32 Å². The number of alkyl halides is 3. The molecule has 114 valence electrons. The van der Waals surface area contributed by atoms with Gasteiger partial charge in [-0.1, -0.05) is 6.07 Å². The van der Waals surface area contributed by atoms with Crippen molar-refractivity contribution in [3.05, 3.63) is 45.7 Å². The number of benzene rings is 1. The van der Waals surface area contributed by atoms with Crippen molar-refractivity contribution in [2.45, 2.75) is 33.1 Å². The lowest BCUT2D eigenvalue weighted by molar-refractivity contribution is -0.137. The quantitative estimate of drug-likeness (QED) is 0.861. The molecule has 21 heavy (non-hydrogen) atoms. The summed E-state index contributed by atoms with van der Waals surface area (Å²) in [5.74, 6) is 0. The van der Waals surface area contributed by atoms with Crippen LogP contribution in [-0.2, 0) is 19.3 Å². The normalized spacial score (nSPS) is 11.7. The van der Waals surface area contributed by atoms with Crippen molar-refractivity contribution >= 4 is 21.6 Å². The van der Waals surface area contributed by atoms with Crippen molar-refractivity contribution in [3.8, 4) is 0 Å². The molecule has 0 atom stereocenters. The lowest BCUT2D eigenvalue weighted by atomic mass is 10.2. The second-order valence-corrected chi connectivity index (χ2v) is 5.39. The van der Waals surface area contributed by atoms with Gasteiger partial charge in [0.15, 0.2) is 0 Å². The highest BCUT2D eigenvalue weighted by molar-refractivity contribution is 9.10. The minimum atomic E-state index is -4.33. The molecule has 0 radical (unpaired) electrons. The van der Waals surface area contributed by atoms with Gasteiger partial charge in [0.25, 0.3) is 0 Å². The van der Waals surface area contributed by atoms with Crippen LogP contribution in [0.1, 0.15) is 23.9 Å². The molecule has 2 aromatic rings. The summed E-state index contributed by atoms with van der Waals surface area (Å²) >= 11 is 3.46. The monoisotopic (exact) mass is 361 g/mol. The van der Waals surface area contributed by atoms with E-state index in [0.717, 1.165) is 28.0 Å². The molecule has 0 unspecified atom stereocenters. The summed E-state index contributed by atoms with van der Waals surface area (Å²) < 4.78 is 40.7. The highest BCUT2D eigenvalue weighted by Gasteiger charge is 2.30. The first-order chi connectivity index (χ1) is 9.82. The summed E-state index contributed by atoms with van der Waals surface area (Å²) in [4.78, 5) is 0. The fourth-order valence-corrected chi connectivity index (χ4v) is 2.45. The van der Waals surface area contributed by atoms with E-state index in [4.69, 9.17) is 0 Å². The van der Waals surface area contributed by atoms with Gasteiger partial charge in [0, 0.05) is 12.2 Å². The Morgan fingerprint density at radius 3 is 2.67 bits per heavy atom. The smallest absolute Gasteiger partial charge is 0.379 e. The van der Waals surface area contributed by atoms with E-state index in [1.54, 1.807) is 6.07 Å². The van der Waals surface area contributed by atoms with Crippen molar-refractivity contribution in [2.24, 2.45) is 0 Å². The molecule has 0 aliphatic carbocycles. The number of aryl methyl sites for hydroxylation is 2. The zero-order valence-electron chi connectivity index (χ0n) is 11.6. The van der Waals surface area contributed by atoms with Crippen LogP contribution in [0.25, 0.3) is 0 Å². The fourth-order valence-electron chi connectivity index (χ4n) is 2.03. The number of nitrogens with one attached hydrogen (secondary N) is 1. The van der Waals surface area contributed by atoms with E-state index < -0.39 is 11.7 Å². The second-order valence-electron chi connectivity index (χ2n) is 4.59. The van der Waals surface area contributed by atoms with Gasteiger partial charge < -0.3 is 5.32 Å². The van der Waals surface area contributed by atoms with Crippen LogP contribution < -0.4 is 5.32 Å². The molecular weight excluding hydrogens is 347 g/mol. The number of nitrogens with zero attached hydrogens (tertiary/aromatic N) is 2. The molecule has 0 fully saturated rings. The van der Waals surface area contributed by atoms with Crippen molar-refractivity contribution in [1.82, 2.24) is 9.78 Å². The average molecular weight is 362 g/mol. The minimum Gasteiger partial charge on any atom is -0.379 e. The van der Waals surface area contributed by atoms with E-state index in [0.29, 0.717) is 18.8 Å². The number of hydrogen-bond acceptors (Lipinski definition) is 2. The Morgan fingerprint density at radius 1 is 1.33 bits per heavy atom. The van der Waals surface area contributed by atoms with E-state index in [2.05, 4.69) is 26.3 Å². The Bertz CT molecular complexity index is 635. The van der Waals surface area contributed by atoms with Gasteiger partial charge in [-0.2, -0.15) is 18.3 Å². The van der Waals surface area contributed by atoms with E-state index in [1.807, 2.05) is 18.5 Å². The topological polar surface area (TPSA) is 29.9 Å². The van der Waals surface area contributed by atoms with E-state index in [-0.39, 0.29) is 0 Å².